The largest absolute Gasteiger partial charge is 0.477 e. The Morgan fingerprint density at radius 1 is 1.15 bits per heavy atom. The summed E-state index contributed by atoms with van der Waals surface area (Å²) >= 11 is 1.13. The number of carboxylic acids is 1. The number of fused-ring (bicyclic) bond motifs is 1. The molecule has 0 saturated carbocycles. The standard InChI is InChI=1S/C18H13N3O5S/c1-20(11-5-3-10(9-19)4-6-11)18(25)21(2)15-8-13-14(27-15)7-12(16(22)23)17(24)26-13/h3-8H,1-2H3,(H,22,23). The average Bonchev–Trinajstić information content (AvgIpc) is 3.08. The van der Waals surface area contributed by atoms with Crippen molar-refractivity contribution >= 4 is 44.3 Å². The van der Waals surface area contributed by atoms with Crippen molar-refractivity contribution in [2.45, 2.75) is 0 Å². The number of carbonyl (C=O) groups is 2. The zero-order valence-corrected chi connectivity index (χ0v) is 15.1. The fraction of sp³-hybridized carbons (Fsp3) is 0.111. The number of thiophene rings is 1. The predicted octanol–water partition coefficient (Wildman–Crippen LogP) is 3.12. The molecule has 27 heavy (non-hydrogen) atoms. The van der Waals surface area contributed by atoms with Gasteiger partial charge in [-0.05, 0) is 30.3 Å². The molecule has 9 heteroatoms. The summed E-state index contributed by atoms with van der Waals surface area (Å²) in [7, 11) is 3.15. The Kier molecular flexibility index (Phi) is 4.66. The van der Waals surface area contributed by atoms with Crippen LogP contribution in [-0.2, 0) is 0 Å². The lowest BCUT2D eigenvalue weighted by Crippen LogP contribution is -2.38. The Labute approximate surface area is 157 Å². The molecule has 3 aromatic rings. The number of anilines is 2. The van der Waals surface area contributed by atoms with Gasteiger partial charge in [0.15, 0.2) is 5.58 Å². The van der Waals surface area contributed by atoms with Gasteiger partial charge in [0.25, 0.3) is 0 Å². The summed E-state index contributed by atoms with van der Waals surface area (Å²) in [6, 6.07) is 10.9. The summed E-state index contributed by atoms with van der Waals surface area (Å²) in [5, 5.41) is 18.4. The molecule has 2 aromatic heterocycles. The maximum absolute atomic E-state index is 12.7. The number of carbonyl (C=O) groups excluding carboxylic acids is 1. The molecule has 0 aliphatic carbocycles. The van der Waals surface area contributed by atoms with Crippen molar-refractivity contribution < 1.29 is 19.1 Å². The van der Waals surface area contributed by atoms with Gasteiger partial charge in [-0.3, -0.25) is 9.80 Å². The molecule has 2 amide bonds. The highest BCUT2D eigenvalue weighted by Gasteiger charge is 2.21. The number of hydrogen-bond donors (Lipinski definition) is 1. The summed E-state index contributed by atoms with van der Waals surface area (Å²) < 4.78 is 5.47. The zero-order chi connectivity index (χ0) is 19.7. The van der Waals surface area contributed by atoms with Crippen LogP contribution in [0, 0.1) is 11.3 Å². The lowest BCUT2D eigenvalue weighted by atomic mass is 10.2. The number of amides is 2. The maximum atomic E-state index is 12.7. The quantitative estimate of drug-likeness (QED) is 0.743. The Morgan fingerprint density at radius 2 is 1.81 bits per heavy atom. The third-order valence-electron chi connectivity index (χ3n) is 3.93. The molecular weight excluding hydrogens is 370 g/mol. The molecule has 0 spiro atoms. The first-order valence-electron chi connectivity index (χ1n) is 7.64. The second-order valence-electron chi connectivity index (χ2n) is 5.63. The molecule has 0 bridgehead atoms. The van der Waals surface area contributed by atoms with Crippen molar-refractivity contribution in [2.75, 3.05) is 23.9 Å². The highest BCUT2D eigenvalue weighted by molar-refractivity contribution is 7.22. The van der Waals surface area contributed by atoms with Crippen molar-refractivity contribution in [3.8, 4) is 6.07 Å². The van der Waals surface area contributed by atoms with E-state index >= 15 is 0 Å². The molecule has 136 valence electrons. The van der Waals surface area contributed by atoms with Crippen molar-refractivity contribution in [3.05, 3.63) is 57.9 Å². The number of urea groups is 1. The van der Waals surface area contributed by atoms with Gasteiger partial charge in [-0.15, -0.1) is 11.3 Å². The van der Waals surface area contributed by atoms with E-state index in [0.29, 0.717) is 21.0 Å². The van der Waals surface area contributed by atoms with E-state index in [1.807, 2.05) is 6.07 Å². The molecule has 3 rings (SSSR count). The number of nitriles is 1. The molecule has 2 heterocycles. The van der Waals surface area contributed by atoms with Crippen LogP contribution < -0.4 is 15.4 Å². The molecule has 8 nitrogen and oxygen atoms in total. The Morgan fingerprint density at radius 3 is 2.41 bits per heavy atom. The topological polar surface area (TPSA) is 115 Å². The van der Waals surface area contributed by atoms with E-state index in [4.69, 9.17) is 14.8 Å². The maximum Gasteiger partial charge on any atom is 0.351 e. The molecule has 1 N–H and O–H groups in total. The van der Waals surface area contributed by atoms with Crippen molar-refractivity contribution in [2.24, 2.45) is 0 Å². The molecule has 0 aliphatic rings. The number of hydrogen-bond acceptors (Lipinski definition) is 6. The molecule has 0 saturated heterocycles. The van der Waals surface area contributed by atoms with E-state index in [9.17, 15) is 14.4 Å². The summed E-state index contributed by atoms with van der Waals surface area (Å²) in [4.78, 5) is 38.2. The van der Waals surface area contributed by atoms with Gasteiger partial charge in [-0.1, -0.05) is 0 Å². The summed E-state index contributed by atoms with van der Waals surface area (Å²) in [5.74, 6) is -1.37. The van der Waals surface area contributed by atoms with Crippen LogP contribution in [0.3, 0.4) is 0 Å². The fourth-order valence-corrected chi connectivity index (χ4v) is 3.39. The lowest BCUT2D eigenvalue weighted by Gasteiger charge is -2.23. The summed E-state index contributed by atoms with van der Waals surface area (Å²) in [5.41, 5.74) is -0.0957. The minimum atomic E-state index is -1.37. The Balaban J connectivity index is 1.90. The smallest absolute Gasteiger partial charge is 0.351 e. The molecule has 0 atom stereocenters. The van der Waals surface area contributed by atoms with Crippen LogP contribution in [0.15, 0.2) is 45.6 Å². The minimum absolute atomic E-state index is 0.214. The number of aromatic carboxylic acids is 1. The van der Waals surface area contributed by atoms with E-state index in [-0.39, 0.29) is 11.6 Å². The zero-order valence-electron chi connectivity index (χ0n) is 14.3. The van der Waals surface area contributed by atoms with Crippen LogP contribution in [0.1, 0.15) is 15.9 Å². The van der Waals surface area contributed by atoms with Crippen LogP contribution >= 0.6 is 11.3 Å². The van der Waals surface area contributed by atoms with Gasteiger partial charge < -0.3 is 9.52 Å². The minimum Gasteiger partial charge on any atom is -0.477 e. The van der Waals surface area contributed by atoms with Crippen LogP contribution in [-0.4, -0.2) is 31.2 Å². The molecule has 0 aliphatic heterocycles. The van der Waals surface area contributed by atoms with Crippen molar-refractivity contribution in [3.63, 3.8) is 0 Å². The van der Waals surface area contributed by atoms with E-state index in [2.05, 4.69) is 0 Å². The fourth-order valence-electron chi connectivity index (χ4n) is 2.40. The SMILES string of the molecule is CN(C(=O)N(C)c1cc2oc(=O)c(C(=O)O)cc2s1)c1ccc(C#N)cc1. The number of nitrogens with zero attached hydrogens (tertiary/aromatic N) is 3. The summed E-state index contributed by atoms with van der Waals surface area (Å²) in [6.07, 6.45) is 0. The Hall–Kier alpha value is -3.64. The number of rotatable bonds is 3. The van der Waals surface area contributed by atoms with Crippen LogP contribution in [0.5, 0.6) is 0 Å². The van der Waals surface area contributed by atoms with Gasteiger partial charge in [0.1, 0.15) is 10.6 Å². The van der Waals surface area contributed by atoms with Crippen LogP contribution in [0.25, 0.3) is 10.3 Å². The molecule has 0 radical (unpaired) electrons. The second-order valence-corrected chi connectivity index (χ2v) is 6.69. The van der Waals surface area contributed by atoms with E-state index in [1.54, 1.807) is 38.4 Å². The first-order valence-corrected chi connectivity index (χ1v) is 8.46. The molecule has 0 unspecified atom stereocenters. The molecular formula is C18H13N3O5S. The average molecular weight is 383 g/mol. The van der Waals surface area contributed by atoms with E-state index in [1.165, 1.54) is 21.9 Å². The first-order chi connectivity index (χ1) is 12.8. The van der Waals surface area contributed by atoms with Crippen LogP contribution in [0.2, 0.25) is 0 Å². The van der Waals surface area contributed by atoms with Gasteiger partial charge >= 0.3 is 17.6 Å². The normalized spacial score (nSPS) is 10.4. The molecule has 0 fully saturated rings. The van der Waals surface area contributed by atoms with Gasteiger partial charge in [0.2, 0.25) is 0 Å². The van der Waals surface area contributed by atoms with E-state index in [0.717, 1.165) is 11.3 Å². The highest BCUT2D eigenvalue weighted by atomic mass is 32.1. The number of benzene rings is 1. The van der Waals surface area contributed by atoms with Crippen molar-refractivity contribution in [1.82, 2.24) is 0 Å². The van der Waals surface area contributed by atoms with E-state index < -0.39 is 17.2 Å². The first kappa shape index (κ1) is 18.2. The second kappa shape index (κ2) is 6.93. The predicted molar refractivity (Wildman–Crippen MR) is 101 cm³/mol. The Bertz CT molecular complexity index is 1140. The number of carboxylic acid groups (broad SMARTS) is 1. The third kappa shape index (κ3) is 3.38. The van der Waals surface area contributed by atoms with Gasteiger partial charge in [-0.25, -0.2) is 14.4 Å². The van der Waals surface area contributed by atoms with Gasteiger partial charge in [-0.2, -0.15) is 5.26 Å². The van der Waals surface area contributed by atoms with Crippen molar-refractivity contribution in [1.29, 1.82) is 5.26 Å². The van der Waals surface area contributed by atoms with Crippen LogP contribution in [0.4, 0.5) is 15.5 Å². The lowest BCUT2D eigenvalue weighted by molar-refractivity contribution is 0.0692. The third-order valence-corrected chi connectivity index (χ3v) is 5.07. The highest BCUT2D eigenvalue weighted by Crippen LogP contribution is 2.32. The summed E-state index contributed by atoms with van der Waals surface area (Å²) in [6.45, 7) is 0. The van der Waals surface area contributed by atoms with Gasteiger partial charge in [0, 0.05) is 25.8 Å². The molecule has 1 aromatic carbocycles. The van der Waals surface area contributed by atoms with Gasteiger partial charge in [0.05, 0.1) is 16.3 Å². The monoisotopic (exact) mass is 383 g/mol.